The molecule has 1 N–H and O–H groups in total. The second-order valence-electron chi connectivity index (χ2n) is 9.96. The van der Waals surface area contributed by atoms with Gasteiger partial charge in [0.1, 0.15) is 0 Å². The molecule has 0 unspecified atom stereocenters. The number of carbonyl (C=O) groups is 2. The first-order chi connectivity index (χ1) is 17.4. The topological polar surface area (TPSA) is 79.3 Å². The average molecular weight is 495 g/mol. The van der Waals surface area contributed by atoms with Gasteiger partial charge in [-0.15, -0.1) is 0 Å². The number of carbonyl (C=O) groups excluding carboxylic acids is 1. The van der Waals surface area contributed by atoms with E-state index in [1.54, 1.807) is 0 Å². The lowest BCUT2D eigenvalue weighted by Crippen LogP contribution is -2.42. The third kappa shape index (κ3) is 5.67. The molecule has 1 saturated heterocycles. The summed E-state index contributed by atoms with van der Waals surface area (Å²) in [6.45, 7) is 8.62. The normalized spacial score (nSPS) is 21.0. The maximum absolute atomic E-state index is 13.5. The van der Waals surface area contributed by atoms with Crippen molar-refractivity contribution in [3.8, 4) is 11.5 Å². The van der Waals surface area contributed by atoms with Crippen LogP contribution < -0.4 is 9.47 Å². The molecular formula is C29H38N2O5. The minimum absolute atomic E-state index is 0.0736. The third-order valence-electron chi connectivity index (χ3n) is 7.38. The van der Waals surface area contributed by atoms with Crippen LogP contribution in [0.25, 0.3) is 0 Å². The molecule has 0 bridgehead atoms. The quantitative estimate of drug-likeness (QED) is 0.474. The van der Waals surface area contributed by atoms with Crippen LogP contribution in [0, 0.1) is 12.8 Å². The number of unbranched alkanes of at least 4 members (excludes halogenated alkanes) is 2. The van der Waals surface area contributed by atoms with E-state index >= 15 is 0 Å². The van der Waals surface area contributed by atoms with Gasteiger partial charge in [0.15, 0.2) is 11.5 Å². The summed E-state index contributed by atoms with van der Waals surface area (Å²) in [4.78, 5) is 30.3. The van der Waals surface area contributed by atoms with E-state index in [1.807, 2.05) is 54.3 Å². The van der Waals surface area contributed by atoms with E-state index in [2.05, 4.69) is 18.7 Å². The molecule has 36 heavy (non-hydrogen) atoms. The predicted molar refractivity (Wildman–Crippen MR) is 138 cm³/mol. The molecule has 2 heterocycles. The fourth-order valence-electron chi connectivity index (χ4n) is 5.37. The molecule has 2 aromatic rings. The van der Waals surface area contributed by atoms with Crippen LogP contribution in [0.5, 0.6) is 11.5 Å². The standard InChI is InChI=1S/C29H38N2O5/c1-4-6-14-30(15-7-5-2)26(32)18-31-17-23(22-12-13-24-25(16-22)36-19-35-24)27(29(33)34)28(31)21-10-8-20(3)9-11-21/h8-13,16,23,27-28H,4-7,14-15,17-19H2,1-3H3,(H,33,34)/t23-,27-,28+/m1/s1. The van der Waals surface area contributed by atoms with Crippen LogP contribution in [-0.4, -0.2) is 59.8 Å². The number of ether oxygens (including phenoxy) is 2. The molecule has 194 valence electrons. The van der Waals surface area contributed by atoms with Crippen molar-refractivity contribution in [1.82, 2.24) is 9.80 Å². The van der Waals surface area contributed by atoms with E-state index in [1.165, 1.54) is 0 Å². The Morgan fingerprint density at radius 2 is 1.61 bits per heavy atom. The smallest absolute Gasteiger partial charge is 0.309 e. The van der Waals surface area contributed by atoms with Gasteiger partial charge in [-0.1, -0.05) is 62.6 Å². The maximum atomic E-state index is 13.5. The molecule has 7 nitrogen and oxygen atoms in total. The van der Waals surface area contributed by atoms with E-state index in [4.69, 9.17) is 9.47 Å². The monoisotopic (exact) mass is 494 g/mol. The van der Waals surface area contributed by atoms with Crippen molar-refractivity contribution < 1.29 is 24.2 Å². The van der Waals surface area contributed by atoms with Crippen LogP contribution in [0.1, 0.15) is 68.2 Å². The number of hydrogen-bond acceptors (Lipinski definition) is 5. The zero-order valence-corrected chi connectivity index (χ0v) is 21.6. The van der Waals surface area contributed by atoms with Gasteiger partial charge in [-0.3, -0.25) is 14.5 Å². The lowest BCUT2D eigenvalue weighted by Gasteiger charge is -2.30. The molecule has 2 aromatic carbocycles. The number of fused-ring (bicyclic) bond motifs is 1. The number of likely N-dealkylation sites (tertiary alicyclic amines) is 1. The Bertz CT molecular complexity index is 1050. The van der Waals surface area contributed by atoms with Crippen molar-refractivity contribution in [3.05, 3.63) is 59.2 Å². The summed E-state index contributed by atoms with van der Waals surface area (Å²) in [5, 5.41) is 10.4. The second-order valence-corrected chi connectivity index (χ2v) is 9.96. The number of aryl methyl sites for hydroxylation is 1. The summed E-state index contributed by atoms with van der Waals surface area (Å²) in [5.41, 5.74) is 2.94. The molecule has 1 amide bonds. The fourth-order valence-corrected chi connectivity index (χ4v) is 5.37. The number of carboxylic acids is 1. The van der Waals surface area contributed by atoms with Crippen LogP contribution in [-0.2, 0) is 9.59 Å². The summed E-state index contributed by atoms with van der Waals surface area (Å²) < 4.78 is 11.0. The molecule has 0 saturated carbocycles. The molecule has 3 atom stereocenters. The van der Waals surface area contributed by atoms with Crippen molar-refractivity contribution >= 4 is 11.9 Å². The van der Waals surface area contributed by atoms with Gasteiger partial charge in [-0.05, 0) is 43.0 Å². The van der Waals surface area contributed by atoms with Crippen LogP contribution in [0.3, 0.4) is 0 Å². The van der Waals surface area contributed by atoms with Gasteiger partial charge in [-0.2, -0.15) is 0 Å². The molecule has 1 fully saturated rings. The van der Waals surface area contributed by atoms with E-state index in [0.29, 0.717) is 18.0 Å². The maximum Gasteiger partial charge on any atom is 0.309 e. The number of aliphatic carboxylic acids is 1. The lowest BCUT2D eigenvalue weighted by molar-refractivity contribution is -0.144. The zero-order chi connectivity index (χ0) is 25.7. The number of amides is 1. The third-order valence-corrected chi connectivity index (χ3v) is 7.38. The minimum atomic E-state index is -0.855. The van der Waals surface area contributed by atoms with Crippen molar-refractivity contribution in [2.24, 2.45) is 5.92 Å². The van der Waals surface area contributed by atoms with Gasteiger partial charge in [0, 0.05) is 31.6 Å². The van der Waals surface area contributed by atoms with Crippen LogP contribution in [0.4, 0.5) is 0 Å². The van der Waals surface area contributed by atoms with Crippen molar-refractivity contribution in [3.63, 3.8) is 0 Å². The van der Waals surface area contributed by atoms with Gasteiger partial charge in [0.25, 0.3) is 0 Å². The first-order valence-electron chi connectivity index (χ1n) is 13.1. The van der Waals surface area contributed by atoms with Crippen LogP contribution in [0.2, 0.25) is 0 Å². The molecule has 2 aliphatic rings. The van der Waals surface area contributed by atoms with Gasteiger partial charge in [0.05, 0.1) is 12.5 Å². The molecule has 2 aliphatic heterocycles. The highest BCUT2D eigenvalue weighted by Crippen LogP contribution is 2.47. The summed E-state index contributed by atoms with van der Waals surface area (Å²) in [6, 6.07) is 13.3. The molecule has 4 rings (SSSR count). The Morgan fingerprint density at radius 1 is 0.972 bits per heavy atom. The fraction of sp³-hybridized carbons (Fsp3) is 0.517. The molecule has 0 aliphatic carbocycles. The van der Waals surface area contributed by atoms with E-state index in [9.17, 15) is 14.7 Å². The summed E-state index contributed by atoms with van der Waals surface area (Å²) in [6.07, 6.45) is 3.99. The number of carboxylic acid groups (broad SMARTS) is 1. The Morgan fingerprint density at radius 3 is 2.25 bits per heavy atom. The first-order valence-corrected chi connectivity index (χ1v) is 13.1. The number of benzene rings is 2. The van der Waals surface area contributed by atoms with Gasteiger partial charge < -0.3 is 19.5 Å². The van der Waals surface area contributed by atoms with Gasteiger partial charge >= 0.3 is 5.97 Å². The largest absolute Gasteiger partial charge is 0.481 e. The van der Waals surface area contributed by atoms with Crippen LogP contribution >= 0.6 is 0 Å². The molecule has 0 aromatic heterocycles. The second kappa shape index (κ2) is 11.8. The number of nitrogens with zero attached hydrogens (tertiary/aromatic N) is 2. The summed E-state index contributed by atoms with van der Waals surface area (Å²) in [7, 11) is 0. The van der Waals surface area contributed by atoms with Gasteiger partial charge in [0.2, 0.25) is 12.7 Å². The highest BCUT2D eigenvalue weighted by atomic mass is 16.7. The zero-order valence-electron chi connectivity index (χ0n) is 21.6. The lowest BCUT2D eigenvalue weighted by atomic mass is 9.82. The molecule has 0 radical (unpaired) electrons. The van der Waals surface area contributed by atoms with E-state index in [-0.39, 0.29) is 25.2 Å². The average Bonchev–Trinajstić information content (AvgIpc) is 3.49. The van der Waals surface area contributed by atoms with Crippen molar-refractivity contribution in [2.75, 3.05) is 33.0 Å². The van der Waals surface area contributed by atoms with Crippen LogP contribution in [0.15, 0.2) is 42.5 Å². The highest BCUT2D eigenvalue weighted by molar-refractivity contribution is 5.79. The summed E-state index contributed by atoms with van der Waals surface area (Å²) in [5.74, 6) is -0.440. The Hall–Kier alpha value is -3.06. The van der Waals surface area contributed by atoms with Crippen molar-refractivity contribution in [2.45, 2.75) is 58.4 Å². The molecule has 7 heteroatoms. The highest BCUT2D eigenvalue weighted by Gasteiger charge is 2.48. The van der Waals surface area contributed by atoms with E-state index < -0.39 is 17.9 Å². The Kier molecular flexibility index (Phi) is 8.52. The Labute approximate surface area is 214 Å². The number of hydrogen-bond donors (Lipinski definition) is 1. The van der Waals surface area contributed by atoms with E-state index in [0.717, 1.165) is 55.5 Å². The van der Waals surface area contributed by atoms with Crippen molar-refractivity contribution in [1.29, 1.82) is 0 Å². The SMILES string of the molecule is CCCCN(CCCC)C(=O)CN1C[C@H](c2ccc3c(c2)OCO3)[C@@H](C(=O)O)[C@@H]1c1ccc(C)cc1. The molecular weight excluding hydrogens is 456 g/mol. The number of rotatable bonds is 11. The first kappa shape index (κ1) is 26.0. The molecule has 0 spiro atoms. The Balaban J connectivity index is 1.66. The van der Waals surface area contributed by atoms with Gasteiger partial charge in [-0.25, -0.2) is 0 Å². The minimum Gasteiger partial charge on any atom is -0.481 e. The predicted octanol–water partition coefficient (Wildman–Crippen LogP) is 4.99. The summed E-state index contributed by atoms with van der Waals surface area (Å²) >= 11 is 0.